The predicted octanol–water partition coefficient (Wildman–Crippen LogP) is 5.26. The molecule has 0 unspecified atom stereocenters. The van der Waals surface area contributed by atoms with Gasteiger partial charge in [-0.15, -0.1) is 0 Å². The van der Waals surface area contributed by atoms with Crippen LogP contribution in [0.2, 0.25) is 0 Å². The number of carbonyl (C=O) groups is 2. The first-order chi connectivity index (χ1) is 15.3. The van der Waals surface area contributed by atoms with Gasteiger partial charge in [0, 0.05) is 18.5 Å². The van der Waals surface area contributed by atoms with Crippen LogP contribution >= 0.6 is 0 Å². The highest BCUT2D eigenvalue weighted by Crippen LogP contribution is 2.23. The van der Waals surface area contributed by atoms with E-state index in [1.165, 1.54) is 5.56 Å². The van der Waals surface area contributed by atoms with Crippen molar-refractivity contribution in [2.75, 3.05) is 7.11 Å². The lowest BCUT2D eigenvalue weighted by atomic mass is 9.86. The van der Waals surface area contributed by atoms with Gasteiger partial charge in [0.25, 0.3) is 0 Å². The minimum atomic E-state index is -0.591. The van der Waals surface area contributed by atoms with Gasteiger partial charge in [0.05, 0.1) is 7.11 Å². The Labute approximate surface area is 199 Å². The summed E-state index contributed by atoms with van der Waals surface area (Å²) in [7, 11) is 1.62. The number of ether oxygens (including phenoxy) is 1. The molecule has 0 saturated heterocycles. The maximum Gasteiger partial charge on any atom is 0.242 e. The van der Waals surface area contributed by atoms with Crippen LogP contribution in [-0.2, 0) is 28.0 Å². The molecule has 0 bridgehead atoms. The summed E-state index contributed by atoms with van der Waals surface area (Å²) in [6, 6.07) is 15.5. The van der Waals surface area contributed by atoms with E-state index in [1.807, 2.05) is 45.0 Å². The average molecular weight is 453 g/mol. The van der Waals surface area contributed by atoms with E-state index < -0.39 is 6.04 Å². The molecule has 180 valence electrons. The summed E-state index contributed by atoms with van der Waals surface area (Å²) in [6.07, 6.45) is 0.970. The van der Waals surface area contributed by atoms with Crippen LogP contribution in [0.5, 0.6) is 5.75 Å². The molecule has 0 aromatic heterocycles. The first kappa shape index (κ1) is 26.4. The van der Waals surface area contributed by atoms with Gasteiger partial charge in [-0.25, -0.2) is 0 Å². The van der Waals surface area contributed by atoms with E-state index in [0.717, 1.165) is 16.9 Å². The van der Waals surface area contributed by atoms with Crippen molar-refractivity contribution in [3.8, 4) is 5.75 Å². The van der Waals surface area contributed by atoms with E-state index in [2.05, 4.69) is 50.4 Å². The second-order valence-electron chi connectivity index (χ2n) is 10.7. The van der Waals surface area contributed by atoms with Crippen molar-refractivity contribution in [3.63, 3.8) is 0 Å². The summed E-state index contributed by atoms with van der Waals surface area (Å²) < 4.78 is 5.33. The van der Waals surface area contributed by atoms with Gasteiger partial charge < -0.3 is 15.0 Å². The summed E-state index contributed by atoms with van der Waals surface area (Å²) in [5.41, 5.74) is 3.03. The van der Waals surface area contributed by atoms with Crippen molar-refractivity contribution in [1.29, 1.82) is 0 Å². The SMILES string of the molecule is COc1cccc(CN(C(=O)CCc2ccc(C(C)(C)C)cc2)[C@@H](C)C(=O)NC(C)(C)C)c1. The van der Waals surface area contributed by atoms with E-state index in [1.54, 1.807) is 18.9 Å². The molecule has 5 heteroatoms. The lowest BCUT2D eigenvalue weighted by Crippen LogP contribution is -2.52. The van der Waals surface area contributed by atoms with Gasteiger partial charge in [0.1, 0.15) is 11.8 Å². The molecule has 0 aliphatic carbocycles. The van der Waals surface area contributed by atoms with Gasteiger partial charge in [0.2, 0.25) is 11.8 Å². The maximum absolute atomic E-state index is 13.3. The third-order valence-corrected chi connectivity index (χ3v) is 5.60. The summed E-state index contributed by atoms with van der Waals surface area (Å²) in [4.78, 5) is 27.9. The molecular formula is C28H40N2O3. The van der Waals surface area contributed by atoms with E-state index >= 15 is 0 Å². The van der Waals surface area contributed by atoms with Gasteiger partial charge in [-0.1, -0.05) is 57.2 Å². The van der Waals surface area contributed by atoms with Crippen LogP contribution in [-0.4, -0.2) is 35.4 Å². The molecule has 0 heterocycles. The topological polar surface area (TPSA) is 58.6 Å². The molecule has 2 aromatic rings. The zero-order chi connectivity index (χ0) is 24.8. The van der Waals surface area contributed by atoms with Crippen LogP contribution in [0.4, 0.5) is 0 Å². The average Bonchev–Trinajstić information content (AvgIpc) is 2.74. The van der Waals surface area contributed by atoms with Gasteiger partial charge in [-0.2, -0.15) is 0 Å². The standard InChI is InChI=1S/C28H40N2O3/c1-20(26(32)29-28(5,6)7)30(19-22-10-9-11-24(18-22)33-8)25(31)17-14-21-12-15-23(16-13-21)27(2,3)4/h9-13,15-16,18,20H,14,17,19H2,1-8H3,(H,29,32)/t20-/m0/s1. The van der Waals surface area contributed by atoms with Crippen molar-refractivity contribution in [2.24, 2.45) is 0 Å². The van der Waals surface area contributed by atoms with Crippen LogP contribution in [0.1, 0.15) is 71.6 Å². The molecule has 2 aromatic carbocycles. The number of nitrogens with one attached hydrogen (secondary N) is 1. The molecule has 1 atom stereocenters. The van der Waals surface area contributed by atoms with Crippen LogP contribution < -0.4 is 10.1 Å². The van der Waals surface area contributed by atoms with E-state index in [0.29, 0.717) is 19.4 Å². The van der Waals surface area contributed by atoms with E-state index in [4.69, 9.17) is 4.74 Å². The third-order valence-electron chi connectivity index (χ3n) is 5.60. The number of aryl methyl sites for hydroxylation is 1. The number of amides is 2. The minimum Gasteiger partial charge on any atom is -0.497 e. The smallest absolute Gasteiger partial charge is 0.242 e. The Morgan fingerprint density at radius 3 is 2.15 bits per heavy atom. The fourth-order valence-electron chi connectivity index (χ4n) is 3.59. The third kappa shape index (κ3) is 8.23. The Bertz CT molecular complexity index is 937. The predicted molar refractivity (Wildman–Crippen MR) is 134 cm³/mol. The maximum atomic E-state index is 13.3. The molecule has 0 spiro atoms. The molecule has 0 aliphatic heterocycles. The Kier molecular flexibility index (Phi) is 8.70. The lowest BCUT2D eigenvalue weighted by Gasteiger charge is -2.31. The number of hydrogen-bond donors (Lipinski definition) is 1. The molecule has 33 heavy (non-hydrogen) atoms. The first-order valence-corrected chi connectivity index (χ1v) is 11.6. The molecule has 1 N–H and O–H groups in total. The highest BCUT2D eigenvalue weighted by Gasteiger charge is 2.28. The minimum absolute atomic E-state index is 0.0470. The Morgan fingerprint density at radius 2 is 1.61 bits per heavy atom. The molecule has 5 nitrogen and oxygen atoms in total. The van der Waals surface area contributed by atoms with Crippen LogP contribution in [0.25, 0.3) is 0 Å². The molecule has 0 saturated carbocycles. The zero-order valence-corrected chi connectivity index (χ0v) is 21.5. The van der Waals surface area contributed by atoms with Crippen molar-refractivity contribution in [1.82, 2.24) is 10.2 Å². The zero-order valence-electron chi connectivity index (χ0n) is 21.5. The van der Waals surface area contributed by atoms with Gasteiger partial charge in [-0.3, -0.25) is 9.59 Å². The monoisotopic (exact) mass is 452 g/mol. The number of nitrogens with zero attached hydrogens (tertiary/aromatic N) is 1. The van der Waals surface area contributed by atoms with Crippen LogP contribution in [0.3, 0.4) is 0 Å². The quantitative estimate of drug-likeness (QED) is 0.595. The van der Waals surface area contributed by atoms with Crippen molar-refractivity contribution >= 4 is 11.8 Å². The van der Waals surface area contributed by atoms with Crippen LogP contribution in [0, 0.1) is 0 Å². The lowest BCUT2D eigenvalue weighted by molar-refractivity contribution is -0.141. The fourth-order valence-corrected chi connectivity index (χ4v) is 3.59. The van der Waals surface area contributed by atoms with Gasteiger partial charge in [-0.05, 0) is 68.4 Å². The Morgan fingerprint density at radius 1 is 0.970 bits per heavy atom. The summed E-state index contributed by atoms with van der Waals surface area (Å²) in [5, 5.41) is 3.00. The Hall–Kier alpha value is -2.82. The number of hydrogen-bond acceptors (Lipinski definition) is 3. The molecule has 2 amide bonds. The molecule has 0 aliphatic rings. The molecule has 0 radical (unpaired) electrons. The van der Waals surface area contributed by atoms with Crippen LogP contribution in [0.15, 0.2) is 48.5 Å². The fraction of sp³-hybridized carbons (Fsp3) is 0.500. The number of rotatable bonds is 8. The highest BCUT2D eigenvalue weighted by molar-refractivity contribution is 5.87. The molecular weight excluding hydrogens is 412 g/mol. The second kappa shape index (κ2) is 10.9. The molecule has 0 fully saturated rings. The van der Waals surface area contributed by atoms with Gasteiger partial charge >= 0.3 is 0 Å². The second-order valence-corrected chi connectivity index (χ2v) is 10.7. The first-order valence-electron chi connectivity index (χ1n) is 11.6. The number of benzene rings is 2. The molecule has 2 rings (SSSR count). The van der Waals surface area contributed by atoms with E-state index in [-0.39, 0.29) is 22.8 Å². The van der Waals surface area contributed by atoms with Crippen molar-refractivity contribution in [2.45, 2.75) is 84.8 Å². The largest absolute Gasteiger partial charge is 0.497 e. The highest BCUT2D eigenvalue weighted by atomic mass is 16.5. The van der Waals surface area contributed by atoms with Crippen molar-refractivity contribution < 1.29 is 14.3 Å². The van der Waals surface area contributed by atoms with Crippen molar-refractivity contribution in [3.05, 3.63) is 65.2 Å². The van der Waals surface area contributed by atoms with E-state index in [9.17, 15) is 9.59 Å². The summed E-state index contributed by atoms with van der Waals surface area (Å²) in [5.74, 6) is 0.521. The number of carbonyl (C=O) groups excluding carboxylic acids is 2. The van der Waals surface area contributed by atoms with Gasteiger partial charge in [0.15, 0.2) is 0 Å². The number of methoxy groups -OCH3 is 1. The Balaban J connectivity index is 2.18. The summed E-state index contributed by atoms with van der Waals surface area (Å²) in [6.45, 7) is 14.5. The normalized spacial score (nSPS) is 12.7. The summed E-state index contributed by atoms with van der Waals surface area (Å²) >= 11 is 0.